The van der Waals surface area contributed by atoms with E-state index in [0.29, 0.717) is 12.8 Å². The summed E-state index contributed by atoms with van der Waals surface area (Å²) >= 11 is 0. The van der Waals surface area contributed by atoms with Crippen molar-refractivity contribution < 1.29 is 19.4 Å². The largest absolute Gasteiger partial charge is 0.481 e. The average molecular weight is 695 g/mol. The molecule has 0 aromatic carbocycles. The Morgan fingerprint density at radius 1 is 0.460 bits per heavy atom. The van der Waals surface area contributed by atoms with Gasteiger partial charge in [0.15, 0.2) is 0 Å². The van der Waals surface area contributed by atoms with Gasteiger partial charge in [0.2, 0.25) is 0 Å². The number of aliphatic carboxylic acids is 1. The monoisotopic (exact) mass is 695 g/mol. The van der Waals surface area contributed by atoms with Gasteiger partial charge in [-0.3, -0.25) is 9.59 Å². The summed E-state index contributed by atoms with van der Waals surface area (Å²) in [6.07, 6.45) is 58.0. The normalized spacial score (nSPS) is 13.0. The Labute approximate surface area is 309 Å². The first-order valence-electron chi connectivity index (χ1n) is 20.9. The maximum Gasteiger partial charge on any atom is 0.306 e. The highest BCUT2D eigenvalue weighted by atomic mass is 16.5. The van der Waals surface area contributed by atoms with Gasteiger partial charge >= 0.3 is 11.9 Å². The quantitative estimate of drug-likeness (QED) is 0.0399. The molecule has 0 aromatic heterocycles. The SMILES string of the molecule is CC/C=C\C/C=C\C/C=C\C/C=C\C/C=C\C/C=C\CCC(=O)OC(CCCCCCCC)CCCCCCCCCCCCCCC(=O)O. The van der Waals surface area contributed by atoms with Crippen LogP contribution < -0.4 is 0 Å². The Kier molecular flexibility index (Phi) is 38.7. The molecule has 0 saturated heterocycles. The number of carbonyl (C=O) groups is 2. The predicted molar refractivity (Wildman–Crippen MR) is 218 cm³/mol. The van der Waals surface area contributed by atoms with Crippen LogP contribution in [0.1, 0.15) is 200 Å². The molecule has 1 atom stereocenters. The lowest BCUT2D eigenvalue weighted by Crippen LogP contribution is -2.18. The summed E-state index contributed by atoms with van der Waals surface area (Å²) in [5.41, 5.74) is 0. The zero-order chi connectivity index (χ0) is 36.4. The number of unbranched alkanes of at least 4 members (excludes halogenated alkanes) is 16. The van der Waals surface area contributed by atoms with E-state index in [1.807, 2.05) is 0 Å². The molecule has 4 heteroatoms. The lowest BCUT2D eigenvalue weighted by molar-refractivity contribution is -0.149. The third-order valence-electron chi connectivity index (χ3n) is 8.96. The van der Waals surface area contributed by atoms with Crippen LogP contribution in [0.4, 0.5) is 0 Å². The standard InChI is InChI=1S/C46H78O4/c1-3-5-7-9-11-12-13-14-15-16-17-18-19-20-25-28-31-35-39-43-46(49)50-44(40-36-32-10-8-6-4-2)41-37-33-29-26-23-21-22-24-27-30-34-38-42-45(47)48/h5,7,11-12,14-15,17-18,20,25,31,35,44H,3-4,6,8-10,13,16,19,21-24,26-30,32-34,36-43H2,1-2H3,(H,47,48)/b7-5-,12-11-,15-14-,18-17-,25-20-,35-31-. The second kappa shape index (κ2) is 40.8. The fourth-order valence-electron chi connectivity index (χ4n) is 5.92. The van der Waals surface area contributed by atoms with Crippen molar-refractivity contribution in [2.24, 2.45) is 0 Å². The van der Waals surface area contributed by atoms with E-state index in [0.717, 1.165) is 83.5 Å². The van der Waals surface area contributed by atoms with Crippen LogP contribution in [0, 0.1) is 0 Å². The highest BCUT2D eigenvalue weighted by Crippen LogP contribution is 2.18. The zero-order valence-electron chi connectivity index (χ0n) is 32.7. The molecule has 0 bridgehead atoms. The molecule has 0 rings (SSSR count). The maximum atomic E-state index is 12.7. The van der Waals surface area contributed by atoms with E-state index in [-0.39, 0.29) is 12.1 Å². The fraction of sp³-hybridized carbons (Fsp3) is 0.696. The van der Waals surface area contributed by atoms with Gasteiger partial charge in [0.25, 0.3) is 0 Å². The van der Waals surface area contributed by atoms with Crippen molar-refractivity contribution >= 4 is 11.9 Å². The summed E-state index contributed by atoms with van der Waals surface area (Å²) in [6.45, 7) is 4.41. The molecule has 1 N–H and O–H groups in total. The van der Waals surface area contributed by atoms with Crippen LogP contribution >= 0.6 is 0 Å². The summed E-state index contributed by atoms with van der Waals surface area (Å²) in [5, 5.41) is 8.70. The van der Waals surface area contributed by atoms with E-state index in [4.69, 9.17) is 9.84 Å². The molecule has 0 amide bonds. The van der Waals surface area contributed by atoms with Crippen LogP contribution in [-0.2, 0) is 14.3 Å². The first-order chi connectivity index (χ1) is 24.6. The Bertz CT molecular complexity index is 922. The van der Waals surface area contributed by atoms with Crippen molar-refractivity contribution in [3.05, 3.63) is 72.9 Å². The van der Waals surface area contributed by atoms with Crippen molar-refractivity contribution in [2.45, 2.75) is 206 Å². The second-order valence-corrected chi connectivity index (χ2v) is 13.8. The molecule has 50 heavy (non-hydrogen) atoms. The molecule has 0 fully saturated rings. The van der Waals surface area contributed by atoms with Crippen molar-refractivity contribution in [3.63, 3.8) is 0 Å². The zero-order valence-corrected chi connectivity index (χ0v) is 32.7. The Hall–Kier alpha value is -2.62. The summed E-state index contributed by atoms with van der Waals surface area (Å²) < 4.78 is 6.00. The number of esters is 1. The van der Waals surface area contributed by atoms with Gasteiger partial charge < -0.3 is 9.84 Å². The number of allylic oxidation sites excluding steroid dienone is 12. The fourth-order valence-corrected chi connectivity index (χ4v) is 5.92. The number of carboxylic acid groups (broad SMARTS) is 1. The Balaban J connectivity index is 4.09. The second-order valence-electron chi connectivity index (χ2n) is 13.8. The molecule has 0 spiro atoms. The maximum absolute atomic E-state index is 12.7. The minimum atomic E-state index is -0.674. The molecule has 0 heterocycles. The van der Waals surface area contributed by atoms with Gasteiger partial charge in [0, 0.05) is 12.8 Å². The van der Waals surface area contributed by atoms with Crippen LogP contribution in [-0.4, -0.2) is 23.1 Å². The van der Waals surface area contributed by atoms with Gasteiger partial charge in [-0.25, -0.2) is 0 Å². The number of hydrogen-bond acceptors (Lipinski definition) is 3. The average Bonchev–Trinajstić information content (AvgIpc) is 3.10. The van der Waals surface area contributed by atoms with Crippen LogP contribution in [0.25, 0.3) is 0 Å². The molecule has 1 unspecified atom stereocenters. The number of carbonyl (C=O) groups excluding carboxylic acids is 1. The molecule has 0 aliphatic carbocycles. The molecule has 4 nitrogen and oxygen atoms in total. The number of carboxylic acids is 1. The summed E-state index contributed by atoms with van der Waals surface area (Å²) in [6, 6.07) is 0. The van der Waals surface area contributed by atoms with Gasteiger partial charge in [-0.05, 0) is 77.0 Å². The summed E-state index contributed by atoms with van der Waals surface area (Å²) in [7, 11) is 0. The van der Waals surface area contributed by atoms with E-state index < -0.39 is 5.97 Å². The molecular weight excluding hydrogens is 617 g/mol. The van der Waals surface area contributed by atoms with Crippen LogP contribution in [0.5, 0.6) is 0 Å². The van der Waals surface area contributed by atoms with Gasteiger partial charge in [0.05, 0.1) is 0 Å². The third-order valence-corrected chi connectivity index (χ3v) is 8.96. The first kappa shape index (κ1) is 47.4. The van der Waals surface area contributed by atoms with Crippen molar-refractivity contribution in [2.75, 3.05) is 0 Å². The smallest absolute Gasteiger partial charge is 0.306 e. The third kappa shape index (κ3) is 39.8. The van der Waals surface area contributed by atoms with E-state index >= 15 is 0 Å². The van der Waals surface area contributed by atoms with Gasteiger partial charge in [-0.2, -0.15) is 0 Å². The van der Waals surface area contributed by atoms with Crippen molar-refractivity contribution in [1.82, 2.24) is 0 Å². The van der Waals surface area contributed by atoms with Crippen LogP contribution in [0.2, 0.25) is 0 Å². The topological polar surface area (TPSA) is 63.6 Å². The lowest BCUT2D eigenvalue weighted by atomic mass is 10.0. The number of rotatable bonds is 37. The van der Waals surface area contributed by atoms with Crippen LogP contribution in [0.15, 0.2) is 72.9 Å². The van der Waals surface area contributed by atoms with E-state index in [2.05, 4.69) is 86.8 Å². The summed E-state index contributed by atoms with van der Waals surface area (Å²) in [5.74, 6) is -0.714. The van der Waals surface area contributed by atoms with Gasteiger partial charge in [-0.15, -0.1) is 0 Å². The minimum Gasteiger partial charge on any atom is -0.481 e. The van der Waals surface area contributed by atoms with Crippen molar-refractivity contribution in [1.29, 1.82) is 0 Å². The van der Waals surface area contributed by atoms with E-state index in [9.17, 15) is 9.59 Å². The molecule has 0 aliphatic rings. The first-order valence-corrected chi connectivity index (χ1v) is 20.9. The van der Waals surface area contributed by atoms with Gasteiger partial charge in [-0.1, -0.05) is 183 Å². The molecular formula is C46H78O4. The lowest BCUT2D eigenvalue weighted by Gasteiger charge is -2.18. The Morgan fingerprint density at radius 2 is 0.820 bits per heavy atom. The summed E-state index contributed by atoms with van der Waals surface area (Å²) in [4.78, 5) is 23.2. The molecule has 0 saturated carbocycles. The highest BCUT2D eigenvalue weighted by Gasteiger charge is 2.14. The van der Waals surface area contributed by atoms with E-state index in [1.54, 1.807) is 0 Å². The van der Waals surface area contributed by atoms with E-state index in [1.165, 1.54) is 89.9 Å². The molecule has 0 radical (unpaired) electrons. The van der Waals surface area contributed by atoms with Crippen molar-refractivity contribution in [3.8, 4) is 0 Å². The number of hydrogen-bond donors (Lipinski definition) is 1. The Morgan fingerprint density at radius 3 is 1.22 bits per heavy atom. The number of ether oxygens (including phenoxy) is 1. The predicted octanol–water partition coefficient (Wildman–Crippen LogP) is 14.7. The highest BCUT2D eigenvalue weighted by molar-refractivity contribution is 5.69. The minimum absolute atomic E-state index is 0.0394. The van der Waals surface area contributed by atoms with Crippen LogP contribution in [0.3, 0.4) is 0 Å². The molecule has 286 valence electrons. The van der Waals surface area contributed by atoms with Gasteiger partial charge in [0.1, 0.15) is 6.10 Å². The molecule has 0 aromatic rings. The molecule has 0 aliphatic heterocycles.